The average molecular weight is 542 g/mol. The van der Waals surface area contributed by atoms with Crippen LogP contribution in [0.1, 0.15) is 0 Å². The normalized spacial score (nSPS) is 11.0. The molecule has 0 atom stereocenters. The predicted molar refractivity (Wildman–Crippen MR) is 142 cm³/mol. The van der Waals surface area contributed by atoms with Crippen LogP contribution in [0.4, 0.5) is 52.5 Å². The Morgan fingerprint density at radius 2 is 1.66 bits per heavy atom. The number of amides is 2. The molecule has 3 aromatic carbocycles. The SMILES string of the molecule is CN(c1cccc(NC(=O)Nc2ccc(OC(F)(F)F)cc2)c1)c1ccnc(Nc2cccc(SN)c2)n1. The van der Waals surface area contributed by atoms with Crippen molar-refractivity contribution in [3.63, 3.8) is 0 Å². The molecular weight excluding hydrogens is 519 g/mol. The highest BCUT2D eigenvalue weighted by molar-refractivity contribution is 7.97. The van der Waals surface area contributed by atoms with Gasteiger partial charge in [-0.3, -0.25) is 5.14 Å². The smallest absolute Gasteiger partial charge is 0.406 e. The number of carbonyl (C=O) groups is 1. The molecule has 13 heteroatoms. The van der Waals surface area contributed by atoms with Gasteiger partial charge in [0.05, 0.1) is 0 Å². The number of nitrogens with one attached hydrogen (secondary N) is 3. The molecule has 1 aromatic heterocycles. The summed E-state index contributed by atoms with van der Waals surface area (Å²) in [4.78, 5) is 24.0. The van der Waals surface area contributed by atoms with Crippen LogP contribution in [0.3, 0.4) is 0 Å². The lowest BCUT2D eigenvalue weighted by atomic mass is 10.2. The highest BCUT2D eigenvalue weighted by atomic mass is 32.2. The molecule has 5 N–H and O–H groups in total. The summed E-state index contributed by atoms with van der Waals surface area (Å²) in [5.74, 6) is 0.619. The van der Waals surface area contributed by atoms with Crippen LogP contribution in [-0.2, 0) is 0 Å². The molecule has 0 aliphatic carbocycles. The van der Waals surface area contributed by atoms with Gasteiger partial charge in [0.15, 0.2) is 0 Å². The van der Waals surface area contributed by atoms with E-state index in [4.69, 9.17) is 5.14 Å². The van der Waals surface area contributed by atoms with Gasteiger partial charge in [0.2, 0.25) is 5.95 Å². The van der Waals surface area contributed by atoms with E-state index in [-0.39, 0.29) is 5.75 Å². The van der Waals surface area contributed by atoms with Crippen molar-refractivity contribution in [2.45, 2.75) is 11.3 Å². The van der Waals surface area contributed by atoms with E-state index < -0.39 is 12.4 Å². The van der Waals surface area contributed by atoms with E-state index in [1.807, 2.05) is 42.3 Å². The molecule has 2 amide bonds. The number of ether oxygens (including phenoxy) is 1. The van der Waals surface area contributed by atoms with E-state index >= 15 is 0 Å². The number of nitrogens with zero attached hydrogens (tertiary/aromatic N) is 3. The van der Waals surface area contributed by atoms with Gasteiger partial charge >= 0.3 is 12.4 Å². The molecule has 0 fully saturated rings. The van der Waals surface area contributed by atoms with Crippen LogP contribution in [0.15, 0.2) is 90.0 Å². The Morgan fingerprint density at radius 3 is 2.39 bits per heavy atom. The molecule has 0 radical (unpaired) electrons. The van der Waals surface area contributed by atoms with Crippen LogP contribution >= 0.6 is 11.9 Å². The summed E-state index contributed by atoms with van der Waals surface area (Å²) in [5.41, 5.74) is 2.32. The van der Waals surface area contributed by atoms with E-state index in [9.17, 15) is 18.0 Å². The van der Waals surface area contributed by atoms with Gasteiger partial charge in [0.25, 0.3) is 0 Å². The van der Waals surface area contributed by atoms with Gasteiger partial charge < -0.3 is 25.6 Å². The monoisotopic (exact) mass is 541 g/mol. The molecule has 9 nitrogen and oxygen atoms in total. The Labute approximate surface area is 220 Å². The number of anilines is 6. The second-order valence-corrected chi connectivity index (χ2v) is 8.48. The minimum absolute atomic E-state index is 0.293. The van der Waals surface area contributed by atoms with E-state index in [2.05, 4.69) is 30.7 Å². The van der Waals surface area contributed by atoms with Gasteiger partial charge in [-0.2, -0.15) is 4.98 Å². The van der Waals surface area contributed by atoms with Crippen molar-refractivity contribution in [1.82, 2.24) is 9.97 Å². The maximum atomic E-state index is 12.4. The maximum absolute atomic E-state index is 12.4. The first-order valence-corrected chi connectivity index (χ1v) is 11.9. The predicted octanol–water partition coefficient (Wildman–Crippen LogP) is 6.50. The second kappa shape index (κ2) is 11.7. The third-order valence-corrected chi connectivity index (χ3v) is 5.57. The quantitative estimate of drug-likeness (QED) is 0.187. The summed E-state index contributed by atoms with van der Waals surface area (Å²) >= 11 is 1.14. The fourth-order valence-electron chi connectivity index (χ4n) is 3.33. The second-order valence-electron chi connectivity index (χ2n) is 7.77. The lowest BCUT2D eigenvalue weighted by Crippen LogP contribution is -2.20. The zero-order chi connectivity index (χ0) is 27.1. The average Bonchev–Trinajstić information content (AvgIpc) is 2.89. The largest absolute Gasteiger partial charge is 0.573 e. The summed E-state index contributed by atoms with van der Waals surface area (Å²) in [6.45, 7) is 0. The number of halogens is 3. The van der Waals surface area contributed by atoms with Gasteiger partial charge in [-0.25, -0.2) is 9.78 Å². The Bertz CT molecular complexity index is 1400. The summed E-state index contributed by atoms with van der Waals surface area (Å²) < 4.78 is 40.7. The van der Waals surface area contributed by atoms with Crippen molar-refractivity contribution in [3.05, 3.63) is 85.1 Å². The van der Waals surface area contributed by atoms with Gasteiger partial charge in [0.1, 0.15) is 11.6 Å². The Morgan fingerprint density at radius 1 is 0.947 bits per heavy atom. The van der Waals surface area contributed by atoms with Crippen molar-refractivity contribution in [2.24, 2.45) is 5.14 Å². The zero-order valence-corrected chi connectivity index (χ0v) is 20.7. The highest BCUT2D eigenvalue weighted by Crippen LogP contribution is 2.27. The molecule has 0 spiro atoms. The number of urea groups is 1. The van der Waals surface area contributed by atoms with Gasteiger partial charge in [-0.05, 0) is 78.7 Å². The molecule has 0 saturated carbocycles. The fraction of sp³-hybridized carbons (Fsp3) is 0.0800. The standard InChI is InChI=1S/C25H22F3N7O2S/c1-35(22-12-13-30-23(34-22)31-18-5-3-7-21(15-18)38-29)19-6-2-4-17(14-19)33-24(36)32-16-8-10-20(11-9-16)37-25(26,27)28/h2-15H,29H2,1H3,(H,30,31,34)(H2,32,33,36). The van der Waals surface area contributed by atoms with Crippen LogP contribution in [0.5, 0.6) is 5.75 Å². The van der Waals surface area contributed by atoms with E-state index in [0.717, 1.165) is 40.4 Å². The Balaban J connectivity index is 1.40. The van der Waals surface area contributed by atoms with Gasteiger partial charge in [-0.15, -0.1) is 13.2 Å². The molecule has 4 rings (SSSR count). The van der Waals surface area contributed by atoms with Crippen LogP contribution < -0.4 is 30.7 Å². The fourth-order valence-corrected chi connectivity index (χ4v) is 3.68. The van der Waals surface area contributed by atoms with E-state index in [1.165, 1.54) is 12.1 Å². The maximum Gasteiger partial charge on any atom is 0.573 e. The molecule has 4 aromatic rings. The summed E-state index contributed by atoms with van der Waals surface area (Å²) in [6.07, 6.45) is -3.16. The van der Waals surface area contributed by atoms with Crippen molar-refractivity contribution in [1.29, 1.82) is 0 Å². The number of benzene rings is 3. The number of nitrogens with two attached hydrogens (primary N) is 1. The van der Waals surface area contributed by atoms with E-state index in [0.29, 0.717) is 23.1 Å². The van der Waals surface area contributed by atoms with Crippen LogP contribution in [0.25, 0.3) is 0 Å². The van der Waals surface area contributed by atoms with E-state index in [1.54, 1.807) is 30.5 Å². The Kier molecular flexibility index (Phi) is 8.19. The molecule has 0 aliphatic rings. The molecular formula is C25H22F3N7O2S. The van der Waals surface area contributed by atoms with Crippen molar-refractivity contribution < 1.29 is 22.7 Å². The number of alkyl halides is 3. The van der Waals surface area contributed by atoms with Gasteiger partial charge in [0, 0.05) is 40.9 Å². The molecule has 0 unspecified atom stereocenters. The molecule has 1 heterocycles. The number of hydrogen-bond acceptors (Lipinski definition) is 8. The molecule has 38 heavy (non-hydrogen) atoms. The zero-order valence-electron chi connectivity index (χ0n) is 19.9. The molecule has 196 valence electrons. The van der Waals surface area contributed by atoms with Gasteiger partial charge in [-0.1, -0.05) is 12.1 Å². The van der Waals surface area contributed by atoms with Crippen LogP contribution in [0.2, 0.25) is 0 Å². The number of hydrogen-bond donors (Lipinski definition) is 4. The summed E-state index contributed by atoms with van der Waals surface area (Å²) in [5, 5.41) is 14.0. The lowest BCUT2D eigenvalue weighted by molar-refractivity contribution is -0.274. The number of aromatic nitrogens is 2. The minimum Gasteiger partial charge on any atom is -0.406 e. The third-order valence-electron chi connectivity index (χ3n) is 5.05. The number of rotatable bonds is 8. The first-order chi connectivity index (χ1) is 18.2. The number of carbonyl (C=O) groups excluding carboxylic acids is 1. The molecule has 0 bridgehead atoms. The topological polar surface area (TPSA) is 117 Å². The Hall–Kier alpha value is -4.49. The molecule has 0 aliphatic heterocycles. The van der Waals surface area contributed by atoms with Crippen molar-refractivity contribution in [2.75, 3.05) is 27.9 Å². The molecule has 0 saturated heterocycles. The first-order valence-electron chi connectivity index (χ1n) is 11.0. The lowest BCUT2D eigenvalue weighted by Gasteiger charge is -2.20. The van der Waals surface area contributed by atoms with Crippen molar-refractivity contribution in [3.8, 4) is 5.75 Å². The third kappa shape index (κ3) is 7.51. The van der Waals surface area contributed by atoms with Crippen molar-refractivity contribution >= 4 is 52.5 Å². The van der Waals surface area contributed by atoms with Crippen LogP contribution in [0, 0.1) is 0 Å². The summed E-state index contributed by atoms with van der Waals surface area (Å²) in [7, 11) is 1.82. The highest BCUT2D eigenvalue weighted by Gasteiger charge is 2.31. The van der Waals surface area contributed by atoms with Crippen LogP contribution in [-0.4, -0.2) is 29.4 Å². The minimum atomic E-state index is -4.79. The summed E-state index contributed by atoms with van der Waals surface area (Å²) in [6, 6.07) is 20.6. The first kappa shape index (κ1) is 26.6.